The van der Waals surface area contributed by atoms with Gasteiger partial charge in [0.25, 0.3) is 0 Å². The van der Waals surface area contributed by atoms with Crippen LogP contribution in [0.1, 0.15) is 25.5 Å². The van der Waals surface area contributed by atoms with E-state index in [2.05, 4.69) is 11.9 Å². The monoisotopic (exact) mass is 237 g/mol. The van der Waals surface area contributed by atoms with Crippen molar-refractivity contribution in [2.24, 2.45) is 5.73 Å². The normalized spacial score (nSPS) is 10.2. The number of nitrogens with one attached hydrogen (secondary N) is 1. The number of aromatic nitrogens is 1. The molecule has 1 aromatic rings. The summed E-state index contributed by atoms with van der Waals surface area (Å²) < 4.78 is 10.8. The van der Waals surface area contributed by atoms with E-state index in [4.69, 9.17) is 20.6 Å². The molecule has 0 radical (unpaired) electrons. The molecule has 94 valence electrons. The number of nitrogens with zero attached hydrogens (tertiary/aromatic N) is 1. The third-order valence-electron chi connectivity index (χ3n) is 2.15. The first-order valence-corrected chi connectivity index (χ1v) is 5.75. The molecule has 1 aromatic heterocycles. The molecule has 0 spiro atoms. The van der Waals surface area contributed by atoms with Gasteiger partial charge in [0, 0.05) is 12.8 Å². The Bertz CT molecular complexity index is 355. The fourth-order valence-corrected chi connectivity index (χ4v) is 1.27. The van der Waals surface area contributed by atoms with Crippen LogP contribution in [0, 0.1) is 5.41 Å². The molecule has 0 saturated heterocycles. The van der Waals surface area contributed by atoms with Crippen molar-refractivity contribution in [3.63, 3.8) is 0 Å². The van der Waals surface area contributed by atoms with Gasteiger partial charge >= 0.3 is 0 Å². The Balaban J connectivity index is 2.34. The van der Waals surface area contributed by atoms with Gasteiger partial charge in [-0.25, -0.2) is 4.98 Å². The van der Waals surface area contributed by atoms with Gasteiger partial charge in [0.15, 0.2) is 0 Å². The molecule has 0 fully saturated rings. The van der Waals surface area contributed by atoms with Crippen LogP contribution >= 0.6 is 0 Å². The molecule has 0 atom stereocenters. The van der Waals surface area contributed by atoms with E-state index in [-0.39, 0.29) is 5.84 Å². The molecule has 0 bridgehead atoms. The van der Waals surface area contributed by atoms with Crippen molar-refractivity contribution in [2.75, 3.05) is 19.8 Å². The Morgan fingerprint density at radius 3 is 2.94 bits per heavy atom. The highest BCUT2D eigenvalue weighted by Crippen LogP contribution is 2.14. The summed E-state index contributed by atoms with van der Waals surface area (Å²) in [5, 5.41) is 7.35. The molecule has 0 saturated carbocycles. The van der Waals surface area contributed by atoms with Crippen LogP contribution in [-0.4, -0.2) is 30.6 Å². The molecule has 0 aliphatic carbocycles. The van der Waals surface area contributed by atoms with Crippen molar-refractivity contribution in [1.82, 2.24) is 4.98 Å². The lowest BCUT2D eigenvalue weighted by atomic mass is 10.3. The maximum absolute atomic E-state index is 7.35. The lowest BCUT2D eigenvalue weighted by molar-refractivity contribution is 0.0979. The average molecular weight is 237 g/mol. The summed E-state index contributed by atoms with van der Waals surface area (Å²) in [6.07, 6.45) is 3.77. The lowest BCUT2D eigenvalue weighted by Gasteiger charge is -2.09. The Kier molecular flexibility index (Phi) is 6.03. The second kappa shape index (κ2) is 7.62. The first-order chi connectivity index (χ1) is 8.25. The van der Waals surface area contributed by atoms with Gasteiger partial charge in [0.1, 0.15) is 23.9 Å². The zero-order valence-electron chi connectivity index (χ0n) is 10.1. The molecule has 3 N–H and O–H groups in total. The van der Waals surface area contributed by atoms with Gasteiger partial charge in [-0.2, -0.15) is 0 Å². The smallest absolute Gasteiger partial charge is 0.148 e. The van der Waals surface area contributed by atoms with E-state index in [0.29, 0.717) is 24.7 Å². The molecule has 5 heteroatoms. The second-order valence-electron chi connectivity index (χ2n) is 3.58. The Morgan fingerprint density at radius 2 is 2.24 bits per heavy atom. The molecule has 0 aromatic carbocycles. The van der Waals surface area contributed by atoms with Crippen LogP contribution in [0.5, 0.6) is 5.75 Å². The first kappa shape index (κ1) is 13.4. The van der Waals surface area contributed by atoms with E-state index in [9.17, 15) is 0 Å². The Morgan fingerprint density at radius 1 is 1.41 bits per heavy atom. The highest BCUT2D eigenvalue weighted by molar-refractivity contribution is 5.95. The maximum atomic E-state index is 7.35. The highest BCUT2D eigenvalue weighted by Gasteiger charge is 2.06. The minimum atomic E-state index is -0.0903. The van der Waals surface area contributed by atoms with E-state index in [1.165, 1.54) is 0 Å². The van der Waals surface area contributed by atoms with Crippen LogP contribution in [-0.2, 0) is 4.74 Å². The Labute approximate surface area is 101 Å². The summed E-state index contributed by atoms with van der Waals surface area (Å²) in [5.74, 6) is 0.437. The third kappa shape index (κ3) is 4.82. The molecule has 17 heavy (non-hydrogen) atoms. The zero-order chi connectivity index (χ0) is 12.5. The van der Waals surface area contributed by atoms with Gasteiger partial charge in [0.2, 0.25) is 0 Å². The SMILES string of the molecule is CCCCOCCOc1cccnc1C(=N)N. The van der Waals surface area contributed by atoms with Crippen molar-refractivity contribution in [1.29, 1.82) is 5.41 Å². The first-order valence-electron chi connectivity index (χ1n) is 5.75. The molecular formula is C12H19N3O2. The number of hydrogen-bond acceptors (Lipinski definition) is 4. The number of rotatable bonds is 8. The minimum Gasteiger partial charge on any atom is -0.489 e. The van der Waals surface area contributed by atoms with Crippen LogP contribution < -0.4 is 10.5 Å². The molecule has 0 aliphatic heterocycles. The molecule has 0 amide bonds. The molecular weight excluding hydrogens is 218 g/mol. The van der Waals surface area contributed by atoms with Crippen molar-refractivity contribution < 1.29 is 9.47 Å². The predicted molar refractivity (Wildman–Crippen MR) is 66.5 cm³/mol. The molecule has 0 unspecified atom stereocenters. The second-order valence-corrected chi connectivity index (χ2v) is 3.58. The van der Waals surface area contributed by atoms with Crippen molar-refractivity contribution >= 4 is 5.84 Å². The van der Waals surface area contributed by atoms with Gasteiger partial charge in [-0.3, -0.25) is 5.41 Å². The van der Waals surface area contributed by atoms with Crippen molar-refractivity contribution in [2.45, 2.75) is 19.8 Å². The summed E-state index contributed by atoms with van der Waals surface area (Å²) in [4.78, 5) is 3.99. The summed E-state index contributed by atoms with van der Waals surface area (Å²) in [6, 6.07) is 3.50. The quantitative estimate of drug-likeness (QED) is 0.408. The summed E-state index contributed by atoms with van der Waals surface area (Å²) in [6.45, 7) is 3.85. The Hall–Kier alpha value is -1.62. The van der Waals surface area contributed by atoms with Gasteiger partial charge in [-0.1, -0.05) is 13.3 Å². The highest BCUT2D eigenvalue weighted by atomic mass is 16.5. The predicted octanol–water partition coefficient (Wildman–Crippen LogP) is 1.56. The largest absolute Gasteiger partial charge is 0.489 e. The molecule has 5 nitrogen and oxygen atoms in total. The van der Waals surface area contributed by atoms with Crippen LogP contribution in [0.3, 0.4) is 0 Å². The fourth-order valence-electron chi connectivity index (χ4n) is 1.27. The fraction of sp³-hybridized carbons (Fsp3) is 0.500. The van der Waals surface area contributed by atoms with Gasteiger partial charge in [0.05, 0.1) is 6.61 Å². The van der Waals surface area contributed by atoms with Crippen LogP contribution in [0.15, 0.2) is 18.3 Å². The van der Waals surface area contributed by atoms with Crippen molar-refractivity contribution in [3.05, 3.63) is 24.0 Å². The summed E-state index contributed by atoms with van der Waals surface area (Å²) in [5.41, 5.74) is 5.77. The van der Waals surface area contributed by atoms with Crippen LogP contribution in [0.25, 0.3) is 0 Å². The number of ether oxygens (including phenoxy) is 2. The van der Waals surface area contributed by atoms with E-state index >= 15 is 0 Å². The van der Waals surface area contributed by atoms with E-state index < -0.39 is 0 Å². The van der Waals surface area contributed by atoms with Gasteiger partial charge < -0.3 is 15.2 Å². The number of amidine groups is 1. The molecule has 1 rings (SSSR count). The van der Waals surface area contributed by atoms with Crippen LogP contribution in [0.4, 0.5) is 0 Å². The maximum Gasteiger partial charge on any atom is 0.148 e. The lowest BCUT2D eigenvalue weighted by Crippen LogP contribution is -2.16. The van der Waals surface area contributed by atoms with Crippen LogP contribution in [0.2, 0.25) is 0 Å². The minimum absolute atomic E-state index is 0.0903. The summed E-state index contributed by atoms with van der Waals surface area (Å²) in [7, 11) is 0. The van der Waals surface area contributed by atoms with E-state index in [1.54, 1.807) is 18.3 Å². The topological polar surface area (TPSA) is 81.2 Å². The standard InChI is InChI=1S/C12H19N3O2/c1-2-3-7-16-8-9-17-10-5-4-6-15-11(10)12(13)14/h4-6H,2-3,7-9H2,1H3,(H3,13,14). The number of unbranched alkanes of at least 4 members (excludes halogenated alkanes) is 1. The number of hydrogen-bond donors (Lipinski definition) is 2. The third-order valence-corrected chi connectivity index (χ3v) is 2.15. The average Bonchev–Trinajstić information content (AvgIpc) is 2.34. The number of pyridine rings is 1. The van der Waals surface area contributed by atoms with Gasteiger partial charge in [-0.15, -0.1) is 0 Å². The molecule has 0 aliphatic rings. The van der Waals surface area contributed by atoms with E-state index in [0.717, 1.165) is 19.4 Å². The van der Waals surface area contributed by atoms with Gasteiger partial charge in [-0.05, 0) is 18.6 Å². The number of nitrogens with two attached hydrogens (primary N) is 1. The zero-order valence-corrected chi connectivity index (χ0v) is 10.1. The summed E-state index contributed by atoms with van der Waals surface area (Å²) >= 11 is 0. The molecule has 1 heterocycles. The number of nitrogen functional groups attached to an aromatic ring is 1. The van der Waals surface area contributed by atoms with E-state index in [1.807, 2.05) is 0 Å². The van der Waals surface area contributed by atoms with Crippen molar-refractivity contribution in [3.8, 4) is 5.75 Å².